The third-order valence-corrected chi connectivity index (χ3v) is 3.60. The minimum absolute atomic E-state index is 0.0750. The van der Waals surface area contributed by atoms with E-state index in [0.717, 1.165) is 0 Å². The van der Waals surface area contributed by atoms with Gasteiger partial charge in [-0.15, -0.1) is 0 Å². The van der Waals surface area contributed by atoms with E-state index in [4.69, 9.17) is 0 Å². The second-order valence-corrected chi connectivity index (χ2v) is 5.23. The molecule has 0 radical (unpaired) electrons. The normalized spacial score (nSPS) is 14.2. The molecular weight excluding hydrogens is 230 g/mol. The highest BCUT2D eigenvalue weighted by Crippen LogP contribution is 2.34. The predicted octanol–water partition coefficient (Wildman–Crippen LogP) is -0.363. The summed E-state index contributed by atoms with van der Waals surface area (Å²) in [5.74, 6) is -0.816. The number of hydrogen-bond acceptors (Lipinski definition) is 6. The number of esters is 1. The minimum atomic E-state index is -3.16. The van der Waals surface area contributed by atoms with Gasteiger partial charge in [-0.25, -0.2) is 4.79 Å². The third-order valence-electron chi connectivity index (χ3n) is 1.20. The first-order chi connectivity index (χ1) is 6.36. The van der Waals surface area contributed by atoms with Crippen molar-refractivity contribution < 1.29 is 28.4 Å². The maximum Gasteiger partial charge on any atom is 0.368 e. The number of hydrogen-bond donors (Lipinski definition) is 0. The number of rotatable bonds is 5. The number of carbonyl (C=O) groups is 1. The van der Waals surface area contributed by atoms with Gasteiger partial charge in [0.05, 0.1) is 0 Å². The molecule has 0 aliphatic carbocycles. The Kier molecular flexibility index (Phi) is 5.65. The Morgan fingerprint density at radius 3 is 2.14 bits per heavy atom. The van der Waals surface area contributed by atoms with E-state index in [2.05, 4.69) is 11.3 Å². The maximum atomic E-state index is 10.8. The van der Waals surface area contributed by atoms with E-state index in [0.29, 0.717) is 0 Å². The largest absolute Gasteiger partial charge is 0.592 e. The lowest BCUT2D eigenvalue weighted by atomic mass is 10.4. The van der Waals surface area contributed by atoms with Crippen molar-refractivity contribution in [3.63, 3.8) is 0 Å². The summed E-state index contributed by atoms with van der Waals surface area (Å²) in [6.07, 6.45) is 0. The summed E-state index contributed by atoms with van der Waals surface area (Å²) < 4.78 is 25.1. The zero-order chi connectivity index (χ0) is 11.3. The van der Waals surface area contributed by atoms with Crippen LogP contribution in [0.2, 0.25) is 0 Å². The van der Waals surface area contributed by atoms with E-state index in [1.54, 1.807) is 0 Å². The van der Waals surface area contributed by atoms with Crippen LogP contribution in [0.4, 0.5) is 0 Å². The molecule has 0 saturated carbocycles. The van der Waals surface area contributed by atoms with Crippen molar-refractivity contribution in [3.05, 3.63) is 12.2 Å². The molecule has 2 atom stereocenters. The fraction of sp³-hybridized carbons (Fsp3) is 0.500. The molecular formula is C6H8O6P2. The van der Waals surface area contributed by atoms with Gasteiger partial charge in [-0.2, -0.15) is 0 Å². The van der Waals surface area contributed by atoms with Gasteiger partial charge < -0.3 is 14.5 Å². The van der Waals surface area contributed by atoms with Crippen molar-refractivity contribution in [2.75, 3.05) is 6.61 Å². The highest BCUT2D eigenvalue weighted by Gasteiger charge is 2.36. The van der Waals surface area contributed by atoms with Crippen molar-refractivity contribution in [3.8, 4) is 0 Å². The molecule has 0 saturated heterocycles. The van der Waals surface area contributed by atoms with Gasteiger partial charge >= 0.3 is 27.4 Å². The molecule has 0 aliphatic rings. The minimum Gasteiger partial charge on any atom is -0.592 e. The summed E-state index contributed by atoms with van der Waals surface area (Å²) in [7, 11) is -6.31. The van der Waals surface area contributed by atoms with Gasteiger partial charge in [-0.1, -0.05) is 15.7 Å². The second-order valence-electron chi connectivity index (χ2n) is 2.43. The van der Waals surface area contributed by atoms with Gasteiger partial charge in [-0.3, -0.25) is 0 Å². The second kappa shape index (κ2) is 5.94. The molecule has 0 aliphatic heterocycles. The zero-order valence-electron chi connectivity index (χ0n) is 7.34. The molecule has 14 heavy (non-hydrogen) atoms. The fourth-order valence-electron chi connectivity index (χ4n) is 0.472. The van der Waals surface area contributed by atoms with Crippen LogP contribution in [-0.2, 0) is 18.7 Å². The molecule has 78 valence electrons. The average molecular weight is 238 g/mol. The third kappa shape index (κ3) is 4.53. The van der Waals surface area contributed by atoms with Crippen molar-refractivity contribution >= 4 is 22.0 Å². The topological polar surface area (TPSA) is 107 Å². The quantitative estimate of drug-likeness (QED) is 0.367. The van der Waals surface area contributed by atoms with Gasteiger partial charge in [0.15, 0.2) is 6.61 Å². The number of carbonyl (C=O) groups excluding carboxylic acids is 1. The molecule has 0 heterocycles. The number of ether oxygens (including phenoxy) is 1. The molecule has 0 bridgehead atoms. The van der Waals surface area contributed by atoms with E-state index >= 15 is 0 Å². The van der Waals surface area contributed by atoms with E-state index in [1.165, 1.54) is 6.92 Å². The zero-order valence-corrected chi connectivity index (χ0v) is 9.12. The molecule has 8 heteroatoms. The monoisotopic (exact) mass is 238 g/mol. The average Bonchev–Trinajstić information content (AvgIpc) is 2.02. The van der Waals surface area contributed by atoms with Crippen molar-refractivity contribution in [2.24, 2.45) is 0 Å². The Morgan fingerprint density at radius 1 is 1.43 bits per heavy atom. The first-order valence-electron chi connectivity index (χ1n) is 3.46. The summed E-state index contributed by atoms with van der Waals surface area (Å²) in [4.78, 5) is 31.5. The van der Waals surface area contributed by atoms with E-state index in [-0.39, 0.29) is 5.57 Å². The van der Waals surface area contributed by atoms with Gasteiger partial charge in [0.25, 0.3) is 0 Å². The van der Waals surface area contributed by atoms with Crippen LogP contribution in [0.25, 0.3) is 0 Å². The van der Waals surface area contributed by atoms with Crippen LogP contribution in [0.1, 0.15) is 6.92 Å². The molecule has 0 spiro atoms. The Bertz CT molecular complexity index is 272. The molecule has 0 aromatic rings. The van der Waals surface area contributed by atoms with Crippen LogP contribution >= 0.6 is 16.1 Å². The van der Waals surface area contributed by atoms with Crippen LogP contribution in [0.15, 0.2) is 12.2 Å². The van der Waals surface area contributed by atoms with Crippen LogP contribution in [0.3, 0.4) is 0 Å². The van der Waals surface area contributed by atoms with Gasteiger partial charge in [-0.05, 0) is 6.92 Å². The summed E-state index contributed by atoms with van der Waals surface area (Å²) >= 11 is 0. The SMILES string of the molecule is C=C(C)C(=O)OCC([P+](=O)[O-])[P+](=O)[O-]. The highest BCUT2D eigenvalue weighted by molar-refractivity contribution is 7.56. The van der Waals surface area contributed by atoms with E-state index in [1.807, 2.05) is 0 Å². The Hall–Kier alpha value is -0.670. The lowest BCUT2D eigenvalue weighted by Crippen LogP contribution is -2.19. The summed E-state index contributed by atoms with van der Waals surface area (Å²) in [5.41, 5.74) is 0.0750. The van der Waals surface area contributed by atoms with Crippen molar-refractivity contribution in [1.82, 2.24) is 0 Å². The highest BCUT2D eigenvalue weighted by atomic mass is 31.2. The van der Waals surface area contributed by atoms with Crippen LogP contribution in [-0.4, -0.2) is 18.0 Å². The molecule has 2 unspecified atom stereocenters. The van der Waals surface area contributed by atoms with E-state index < -0.39 is 34.0 Å². The van der Waals surface area contributed by atoms with Crippen LogP contribution in [0.5, 0.6) is 0 Å². The standard InChI is InChI=1S/C6H8O6P2/c1-4(2)6(7)12-3-5(13(8)9)14(10)11/h5H,1,3H2,2H3. The van der Waals surface area contributed by atoms with Gasteiger partial charge in [0.2, 0.25) is 0 Å². The first-order valence-corrected chi connectivity index (χ1v) is 5.95. The van der Waals surface area contributed by atoms with Gasteiger partial charge in [0, 0.05) is 5.57 Å². The van der Waals surface area contributed by atoms with E-state index in [9.17, 15) is 23.7 Å². The molecule has 0 aromatic carbocycles. The van der Waals surface area contributed by atoms with Crippen molar-refractivity contribution in [2.45, 2.75) is 12.3 Å². The molecule has 0 aromatic heterocycles. The predicted molar refractivity (Wildman–Crippen MR) is 44.8 cm³/mol. The van der Waals surface area contributed by atoms with Crippen LogP contribution in [0, 0.1) is 0 Å². The molecule has 0 N–H and O–H groups in total. The Labute approximate surface area is 82.3 Å². The summed E-state index contributed by atoms with van der Waals surface area (Å²) in [6.45, 7) is 3.92. The molecule has 0 amide bonds. The molecule has 6 nitrogen and oxygen atoms in total. The van der Waals surface area contributed by atoms with Crippen molar-refractivity contribution in [1.29, 1.82) is 0 Å². The lowest BCUT2D eigenvalue weighted by Gasteiger charge is -2.03. The molecule has 0 rings (SSSR count). The fourth-order valence-corrected chi connectivity index (χ4v) is 1.48. The smallest absolute Gasteiger partial charge is 0.368 e. The molecule has 0 fully saturated rings. The summed E-state index contributed by atoms with van der Waals surface area (Å²) in [6, 6.07) is 0. The lowest BCUT2D eigenvalue weighted by molar-refractivity contribution is -0.175. The van der Waals surface area contributed by atoms with Crippen LogP contribution < -0.4 is 9.79 Å². The maximum absolute atomic E-state index is 10.8. The first kappa shape index (κ1) is 13.3. The summed E-state index contributed by atoms with van der Waals surface area (Å²) in [5, 5.41) is -1.66. The Balaban J connectivity index is 4.21. The Morgan fingerprint density at radius 2 is 1.86 bits per heavy atom. The van der Waals surface area contributed by atoms with Gasteiger partial charge in [0.1, 0.15) is 0 Å².